The van der Waals surface area contributed by atoms with Gasteiger partial charge in [-0.2, -0.15) is 0 Å². The summed E-state index contributed by atoms with van der Waals surface area (Å²) in [6, 6.07) is 0.540. The van der Waals surface area contributed by atoms with Crippen LogP contribution in [0.2, 0.25) is 0 Å². The van der Waals surface area contributed by atoms with Crippen LogP contribution < -0.4 is 5.32 Å². The summed E-state index contributed by atoms with van der Waals surface area (Å²) in [6.07, 6.45) is 6.33. The van der Waals surface area contributed by atoms with E-state index in [0.29, 0.717) is 16.9 Å². The topological polar surface area (TPSA) is 21.3 Å². The van der Waals surface area contributed by atoms with E-state index in [2.05, 4.69) is 35.5 Å². The molecule has 94 valence electrons. The number of nitrogens with one attached hydrogen (secondary N) is 1. The van der Waals surface area contributed by atoms with Gasteiger partial charge in [0, 0.05) is 28.7 Å². The molecule has 4 heteroatoms. The SMILES string of the molecule is COC(C)CC12CC3=C(S/C=C\C(C1)NC3)S2. The second-order valence-electron chi connectivity index (χ2n) is 5.24. The fourth-order valence-electron chi connectivity index (χ4n) is 2.99. The fraction of sp³-hybridized carbons (Fsp3) is 0.692. The third-order valence-corrected chi connectivity index (χ3v) is 6.57. The Balaban J connectivity index is 1.87. The van der Waals surface area contributed by atoms with Crippen molar-refractivity contribution in [2.45, 2.75) is 43.1 Å². The van der Waals surface area contributed by atoms with Crippen LogP contribution in [0, 0.1) is 0 Å². The van der Waals surface area contributed by atoms with E-state index < -0.39 is 0 Å². The van der Waals surface area contributed by atoms with Gasteiger partial charge in [0.05, 0.1) is 6.10 Å². The highest BCUT2D eigenvalue weighted by atomic mass is 32.2. The second-order valence-corrected chi connectivity index (χ2v) is 7.89. The van der Waals surface area contributed by atoms with E-state index >= 15 is 0 Å². The van der Waals surface area contributed by atoms with Crippen molar-refractivity contribution in [1.82, 2.24) is 5.32 Å². The number of methoxy groups -OCH3 is 1. The van der Waals surface area contributed by atoms with Crippen LogP contribution in [-0.4, -0.2) is 30.5 Å². The first-order valence-electron chi connectivity index (χ1n) is 6.21. The van der Waals surface area contributed by atoms with E-state index in [4.69, 9.17) is 4.74 Å². The normalized spacial score (nSPS) is 39.1. The van der Waals surface area contributed by atoms with Crippen LogP contribution in [0.4, 0.5) is 0 Å². The maximum Gasteiger partial charge on any atom is 0.0556 e. The van der Waals surface area contributed by atoms with Crippen LogP contribution in [-0.2, 0) is 4.74 Å². The third-order valence-electron chi connectivity index (χ3n) is 3.85. The number of fused-ring (bicyclic) bond motifs is 2. The van der Waals surface area contributed by atoms with Gasteiger partial charge in [0.1, 0.15) is 0 Å². The molecule has 17 heavy (non-hydrogen) atoms. The molecule has 3 atom stereocenters. The van der Waals surface area contributed by atoms with Gasteiger partial charge in [0.2, 0.25) is 0 Å². The maximum absolute atomic E-state index is 5.48. The van der Waals surface area contributed by atoms with Crippen LogP contribution in [0.1, 0.15) is 26.2 Å². The summed E-state index contributed by atoms with van der Waals surface area (Å²) in [6.45, 7) is 3.27. The van der Waals surface area contributed by atoms with Crippen molar-refractivity contribution in [1.29, 1.82) is 0 Å². The highest BCUT2D eigenvalue weighted by molar-refractivity contribution is 8.24. The highest BCUT2D eigenvalue weighted by Crippen LogP contribution is 2.57. The van der Waals surface area contributed by atoms with Crippen LogP contribution in [0.15, 0.2) is 21.3 Å². The first kappa shape index (κ1) is 12.2. The lowest BCUT2D eigenvalue weighted by Gasteiger charge is -2.33. The quantitative estimate of drug-likeness (QED) is 0.849. The van der Waals surface area contributed by atoms with Gasteiger partial charge in [-0.15, -0.1) is 11.8 Å². The molecule has 0 aliphatic carbocycles. The van der Waals surface area contributed by atoms with Crippen molar-refractivity contribution in [3.8, 4) is 0 Å². The summed E-state index contributed by atoms with van der Waals surface area (Å²) >= 11 is 4.03. The standard InChI is InChI=1S/C13H19NOS2/c1-9(15-2)5-13-6-10-8-14-11(7-13)3-4-16-12(10)17-13/h3-4,9,11,14H,5-8H2,1-2H3/b4-3-. The summed E-state index contributed by atoms with van der Waals surface area (Å²) in [5.74, 6) is 0. The molecule has 4 heterocycles. The minimum absolute atomic E-state index is 0.357. The van der Waals surface area contributed by atoms with Gasteiger partial charge in [-0.1, -0.05) is 17.8 Å². The zero-order valence-electron chi connectivity index (χ0n) is 10.4. The molecule has 4 aliphatic rings. The molecule has 0 saturated carbocycles. The Morgan fingerprint density at radius 1 is 1.65 bits per heavy atom. The van der Waals surface area contributed by atoms with Gasteiger partial charge >= 0.3 is 0 Å². The first-order chi connectivity index (χ1) is 8.21. The Morgan fingerprint density at radius 3 is 3.35 bits per heavy atom. The molecule has 1 saturated heterocycles. The van der Waals surface area contributed by atoms with E-state index in [0.717, 1.165) is 13.0 Å². The molecule has 4 bridgehead atoms. The van der Waals surface area contributed by atoms with Crippen LogP contribution in [0.3, 0.4) is 0 Å². The lowest BCUT2D eigenvalue weighted by molar-refractivity contribution is 0.0993. The highest BCUT2D eigenvalue weighted by Gasteiger charge is 2.44. The number of ether oxygens (including phenoxy) is 1. The average Bonchev–Trinajstić information content (AvgIpc) is 2.50. The molecule has 3 unspecified atom stereocenters. The van der Waals surface area contributed by atoms with Gasteiger partial charge < -0.3 is 10.1 Å². The van der Waals surface area contributed by atoms with Crippen LogP contribution in [0.25, 0.3) is 0 Å². The Morgan fingerprint density at radius 2 is 2.53 bits per heavy atom. The summed E-state index contributed by atoms with van der Waals surface area (Å²) in [5.41, 5.74) is 1.62. The third kappa shape index (κ3) is 2.33. The molecule has 1 fully saturated rings. The van der Waals surface area contributed by atoms with Gasteiger partial charge in [0.25, 0.3) is 0 Å². The van der Waals surface area contributed by atoms with Gasteiger partial charge in [0.15, 0.2) is 0 Å². The summed E-state index contributed by atoms with van der Waals surface area (Å²) in [5, 5.41) is 5.91. The molecule has 0 amide bonds. The first-order valence-corrected chi connectivity index (χ1v) is 7.91. The monoisotopic (exact) mass is 269 g/mol. The van der Waals surface area contributed by atoms with Crippen molar-refractivity contribution < 1.29 is 4.74 Å². The van der Waals surface area contributed by atoms with E-state index in [9.17, 15) is 0 Å². The molecular weight excluding hydrogens is 250 g/mol. The number of hydrogen-bond acceptors (Lipinski definition) is 4. The van der Waals surface area contributed by atoms with E-state index in [-0.39, 0.29) is 0 Å². The summed E-state index contributed by atoms with van der Waals surface area (Å²) < 4.78 is 7.40. The molecule has 2 nitrogen and oxygen atoms in total. The van der Waals surface area contributed by atoms with Crippen molar-refractivity contribution in [2.75, 3.05) is 13.7 Å². The zero-order valence-corrected chi connectivity index (χ0v) is 12.0. The molecule has 4 rings (SSSR count). The summed E-state index contributed by atoms with van der Waals surface area (Å²) in [4.78, 5) is 0. The molecule has 0 spiro atoms. The molecular formula is C13H19NOS2. The Labute approximate surface area is 112 Å². The van der Waals surface area contributed by atoms with Gasteiger partial charge in [-0.3, -0.25) is 0 Å². The smallest absolute Gasteiger partial charge is 0.0556 e. The van der Waals surface area contributed by atoms with Crippen molar-refractivity contribution in [3.05, 3.63) is 21.3 Å². The van der Waals surface area contributed by atoms with Crippen LogP contribution >= 0.6 is 23.5 Å². The zero-order chi connectivity index (χ0) is 11.9. The predicted molar refractivity (Wildman–Crippen MR) is 76.2 cm³/mol. The van der Waals surface area contributed by atoms with Crippen molar-refractivity contribution in [2.24, 2.45) is 0 Å². The average molecular weight is 269 g/mol. The minimum Gasteiger partial charge on any atom is -0.382 e. The molecule has 1 N–H and O–H groups in total. The molecule has 0 aromatic carbocycles. The molecule has 4 aliphatic heterocycles. The summed E-state index contributed by atoms with van der Waals surface area (Å²) in [7, 11) is 1.82. The number of thioether (sulfide) groups is 2. The molecule has 0 aromatic heterocycles. The lowest BCUT2D eigenvalue weighted by atomic mass is 9.89. The van der Waals surface area contributed by atoms with E-state index in [1.54, 1.807) is 5.57 Å². The predicted octanol–water partition coefficient (Wildman–Crippen LogP) is 3.12. The van der Waals surface area contributed by atoms with E-state index in [1.165, 1.54) is 17.1 Å². The maximum atomic E-state index is 5.48. The largest absolute Gasteiger partial charge is 0.382 e. The molecule has 0 radical (unpaired) electrons. The number of rotatable bonds is 3. The fourth-order valence-corrected chi connectivity index (χ4v) is 6.09. The minimum atomic E-state index is 0.357. The van der Waals surface area contributed by atoms with Crippen molar-refractivity contribution in [3.63, 3.8) is 0 Å². The van der Waals surface area contributed by atoms with E-state index in [1.807, 2.05) is 18.9 Å². The number of hydrogen-bond donors (Lipinski definition) is 1. The van der Waals surface area contributed by atoms with Crippen molar-refractivity contribution >= 4 is 23.5 Å². The van der Waals surface area contributed by atoms with Crippen LogP contribution in [0.5, 0.6) is 0 Å². The lowest BCUT2D eigenvalue weighted by Crippen LogP contribution is -2.36. The second kappa shape index (κ2) is 4.65. The van der Waals surface area contributed by atoms with Gasteiger partial charge in [-0.25, -0.2) is 0 Å². The molecule has 0 aromatic rings. The Bertz CT molecular complexity index is 380. The van der Waals surface area contributed by atoms with Gasteiger partial charge in [-0.05, 0) is 37.2 Å². The Kier molecular flexibility index (Phi) is 3.32. The Hall–Kier alpha value is 0.1000.